The van der Waals surface area contributed by atoms with Crippen molar-refractivity contribution >= 4 is 17.8 Å². The van der Waals surface area contributed by atoms with Crippen molar-refractivity contribution in [1.29, 1.82) is 0 Å². The average molecular weight is 477 g/mol. The predicted octanol–water partition coefficient (Wildman–Crippen LogP) is 2.54. The molecule has 8 nitrogen and oxygen atoms in total. The highest BCUT2D eigenvalue weighted by Gasteiger charge is 2.53. The molecule has 4 heterocycles. The summed E-state index contributed by atoms with van der Waals surface area (Å²) in [6.45, 7) is 9.79. The summed E-state index contributed by atoms with van der Waals surface area (Å²) in [5, 5.41) is 6.41. The lowest BCUT2D eigenvalue weighted by Gasteiger charge is -2.40. The third kappa shape index (κ3) is 5.03. The summed E-state index contributed by atoms with van der Waals surface area (Å²) in [6, 6.07) is 7.71. The smallest absolute Gasteiger partial charge is 0.252 e. The summed E-state index contributed by atoms with van der Waals surface area (Å²) < 4.78 is 0. The molecule has 3 aliphatic rings. The minimum Gasteiger partial charge on any atom is -0.351 e. The molecule has 1 aromatic carbocycles. The van der Waals surface area contributed by atoms with Crippen LogP contribution in [-0.4, -0.2) is 63.9 Å². The van der Waals surface area contributed by atoms with Crippen LogP contribution in [0.1, 0.15) is 61.5 Å². The zero-order valence-corrected chi connectivity index (χ0v) is 21.0. The maximum absolute atomic E-state index is 13.5. The number of fused-ring (bicyclic) bond motifs is 1. The molecule has 2 aromatic rings. The van der Waals surface area contributed by atoms with E-state index in [1.807, 2.05) is 57.4 Å². The quantitative estimate of drug-likeness (QED) is 0.705. The van der Waals surface area contributed by atoms with Gasteiger partial charge in [-0.05, 0) is 58.1 Å². The number of aromatic nitrogens is 2. The highest BCUT2D eigenvalue weighted by Crippen LogP contribution is 2.36. The largest absolute Gasteiger partial charge is 0.351 e. The molecule has 8 heteroatoms. The summed E-state index contributed by atoms with van der Waals surface area (Å²) in [5.74, 6) is 0.324. The van der Waals surface area contributed by atoms with Gasteiger partial charge in [0, 0.05) is 61.8 Å². The van der Waals surface area contributed by atoms with Gasteiger partial charge in [0.1, 0.15) is 0 Å². The fourth-order valence-electron chi connectivity index (χ4n) is 5.74. The van der Waals surface area contributed by atoms with Gasteiger partial charge in [-0.15, -0.1) is 0 Å². The van der Waals surface area contributed by atoms with Gasteiger partial charge in [-0.1, -0.05) is 18.2 Å². The van der Waals surface area contributed by atoms with Crippen LogP contribution in [0.5, 0.6) is 0 Å². The molecule has 186 valence electrons. The number of carbonyl (C=O) groups excluding carboxylic acids is 2. The van der Waals surface area contributed by atoms with Crippen molar-refractivity contribution in [2.75, 3.05) is 31.1 Å². The second kappa shape index (κ2) is 9.22. The number of likely N-dealkylation sites (tertiary alicyclic amines) is 1. The molecular formula is C27H36N6O2. The topological polar surface area (TPSA) is 90.5 Å². The number of nitrogens with zero attached hydrogens (tertiary/aromatic N) is 4. The monoisotopic (exact) mass is 476 g/mol. The van der Waals surface area contributed by atoms with Crippen LogP contribution in [-0.2, 0) is 17.8 Å². The normalized spacial score (nSPS) is 24.8. The van der Waals surface area contributed by atoms with Crippen molar-refractivity contribution in [1.82, 2.24) is 25.5 Å². The summed E-state index contributed by atoms with van der Waals surface area (Å²) >= 11 is 0. The van der Waals surface area contributed by atoms with Crippen LogP contribution in [0, 0.1) is 5.92 Å². The molecule has 5 rings (SSSR count). The second-order valence-electron chi connectivity index (χ2n) is 11.3. The Morgan fingerprint density at radius 2 is 1.86 bits per heavy atom. The maximum Gasteiger partial charge on any atom is 0.252 e. The van der Waals surface area contributed by atoms with E-state index in [2.05, 4.69) is 30.4 Å². The molecule has 0 radical (unpaired) electrons. The minimum absolute atomic E-state index is 0.0172. The van der Waals surface area contributed by atoms with Crippen molar-refractivity contribution in [3.63, 3.8) is 0 Å². The lowest BCUT2D eigenvalue weighted by molar-refractivity contribution is -0.127. The Morgan fingerprint density at radius 1 is 1.14 bits per heavy atom. The highest BCUT2D eigenvalue weighted by atomic mass is 16.2. The number of rotatable bonds is 4. The zero-order valence-electron chi connectivity index (χ0n) is 21.0. The lowest BCUT2D eigenvalue weighted by Crippen LogP contribution is -2.62. The molecule has 3 aliphatic heterocycles. The molecule has 2 amide bonds. The number of benzene rings is 1. The van der Waals surface area contributed by atoms with Crippen LogP contribution in [0.2, 0.25) is 0 Å². The molecule has 35 heavy (non-hydrogen) atoms. The van der Waals surface area contributed by atoms with Crippen LogP contribution in [0.3, 0.4) is 0 Å². The summed E-state index contributed by atoms with van der Waals surface area (Å²) in [5.41, 5.74) is 1.73. The van der Waals surface area contributed by atoms with Gasteiger partial charge in [-0.2, -0.15) is 0 Å². The molecule has 1 aromatic heterocycles. The molecule has 1 spiro atoms. The fraction of sp³-hybridized carbons (Fsp3) is 0.556. The maximum atomic E-state index is 13.5. The van der Waals surface area contributed by atoms with Gasteiger partial charge in [-0.25, -0.2) is 9.97 Å². The number of amides is 2. The Bertz CT molecular complexity index is 1090. The van der Waals surface area contributed by atoms with E-state index >= 15 is 0 Å². The van der Waals surface area contributed by atoms with Gasteiger partial charge in [0.25, 0.3) is 5.91 Å². The number of nitrogens with one attached hydrogen (secondary N) is 2. The third-order valence-corrected chi connectivity index (χ3v) is 7.30. The first-order valence-electron chi connectivity index (χ1n) is 12.7. The predicted molar refractivity (Wildman–Crippen MR) is 135 cm³/mol. The second-order valence-corrected chi connectivity index (χ2v) is 11.3. The molecule has 0 saturated carbocycles. The van der Waals surface area contributed by atoms with Crippen LogP contribution in [0.25, 0.3) is 0 Å². The van der Waals surface area contributed by atoms with E-state index in [9.17, 15) is 9.59 Å². The highest BCUT2D eigenvalue weighted by molar-refractivity contribution is 5.98. The third-order valence-electron chi connectivity index (χ3n) is 7.30. The SMILES string of the molecule is CC(C)(C)NC(=O)[C@H]1CN(Cc2cnc(N3CCCCC3)nc2)C[C@@]12Cc1ccccc1C(=O)N2. The number of anilines is 1. The van der Waals surface area contributed by atoms with Crippen molar-refractivity contribution < 1.29 is 9.59 Å². The Labute approximate surface area is 207 Å². The van der Waals surface area contributed by atoms with E-state index in [1.54, 1.807) is 0 Å². The van der Waals surface area contributed by atoms with Gasteiger partial charge < -0.3 is 15.5 Å². The van der Waals surface area contributed by atoms with E-state index in [-0.39, 0.29) is 23.3 Å². The average Bonchev–Trinajstić information content (AvgIpc) is 3.15. The standard InChI is InChI=1S/C27H36N6O2/c1-26(2,3)30-24(35)22-17-32(16-19-14-28-25(29-15-19)33-11-7-4-8-12-33)18-27(22)13-20-9-5-6-10-21(20)23(34)31-27/h5-6,9-10,14-15,22H,4,7-8,11-13,16-18H2,1-3H3,(H,30,35)(H,31,34)/t22-,27+/m1/s1. The molecular weight excluding hydrogens is 440 g/mol. The van der Waals surface area contributed by atoms with Crippen LogP contribution in [0.15, 0.2) is 36.7 Å². The van der Waals surface area contributed by atoms with E-state index in [0.29, 0.717) is 31.6 Å². The minimum atomic E-state index is -0.643. The molecule has 2 atom stereocenters. The van der Waals surface area contributed by atoms with Crippen molar-refractivity contribution in [2.45, 2.75) is 64.1 Å². The Morgan fingerprint density at radius 3 is 2.57 bits per heavy atom. The molecule has 0 unspecified atom stereocenters. The lowest BCUT2D eigenvalue weighted by atomic mass is 9.76. The van der Waals surface area contributed by atoms with Crippen LogP contribution in [0.4, 0.5) is 5.95 Å². The number of carbonyl (C=O) groups is 2. The summed E-state index contributed by atoms with van der Waals surface area (Å²) in [6.07, 6.45) is 8.10. The summed E-state index contributed by atoms with van der Waals surface area (Å²) in [7, 11) is 0. The van der Waals surface area contributed by atoms with E-state index in [4.69, 9.17) is 0 Å². The summed E-state index contributed by atoms with van der Waals surface area (Å²) in [4.78, 5) is 40.3. The fourth-order valence-corrected chi connectivity index (χ4v) is 5.74. The first-order valence-corrected chi connectivity index (χ1v) is 12.7. The Hall–Kier alpha value is -3.00. The van der Waals surface area contributed by atoms with Crippen LogP contribution >= 0.6 is 0 Å². The van der Waals surface area contributed by atoms with E-state index < -0.39 is 5.54 Å². The number of hydrogen-bond donors (Lipinski definition) is 2. The number of piperidine rings is 1. The molecule has 0 aliphatic carbocycles. The first kappa shape index (κ1) is 23.7. The van der Waals surface area contributed by atoms with Gasteiger partial charge in [0.15, 0.2) is 0 Å². The molecule has 2 fully saturated rings. The molecule has 0 bridgehead atoms. The first-order chi connectivity index (χ1) is 16.7. The zero-order chi connectivity index (χ0) is 24.6. The molecule has 2 saturated heterocycles. The van der Waals surface area contributed by atoms with Gasteiger partial charge in [0.2, 0.25) is 11.9 Å². The van der Waals surface area contributed by atoms with Crippen molar-refractivity contribution in [3.05, 3.63) is 53.3 Å². The molecule has 2 N–H and O–H groups in total. The van der Waals surface area contributed by atoms with Crippen molar-refractivity contribution in [3.8, 4) is 0 Å². The van der Waals surface area contributed by atoms with Gasteiger partial charge >= 0.3 is 0 Å². The van der Waals surface area contributed by atoms with Crippen molar-refractivity contribution in [2.24, 2.45) is 5.92 Å². The van der Waals surface area contributed by atoms with Crippen LogP contribution < -0.4 is 15.5 Å². The van der Waals surface area contributed by atoms with E-state index in [0.717, 1.165) is 30.2 Å². The van der Waals surface area contributed by atoms with E-state index in [1.165, 1.54) is 19.3 Å². The Kier molecular flexibility index (Phi) is 6.25. The van der Waals surface area contributed by atoms with Gasteiger partial charge in [-0.3, -0.25) is 14.5 Å². The number of hydrogen-bond acceptors (Lipinski definition) is 6. The van der Waals surface area contributed by atoms with Gasteiger partial charge in [0.05, 0.1) is 11.5 Å². The Balaban J connectivity index is 1.36.